The summed E-state index contributed by atoms with van der Waals surface area (Å²) in [5.74, 6) is -1.51. The van der Waals surface area contributed by atoms with Gasteiger partial charge in [0, 0.05) is 26.7 Å². The van der Waals surface area contributed by atoms with Gasteiger partial charge < -0.3 is 0 Å². The molecule has 0 aromatic heterocycles. The lowest BCUT2D eigenvalue weighted by Gasteiger charge is -2.56. The van der Waals surface area contributed by atoms with Crippen molar-refractivity contribution in [3.63, 3.8) is 0 Å². The minimum absolute atomic E-state index is 0.264. The van der Waals surface area contributed by atoms with Gasteiger partial charge in [-0.1, -0.05) is 20.8 Å². The molecule has 6 N–H and O–H groups in total. The van der Waals surface area contributed by atoms with Crippen LogP contribution in [0.3, 0.4) is 0 Å². The van der Waals surface area contributed by atoms with E-state index in [-0.39, 0.29) is 6.04 Å². The lowest BCUT2D eigenvalue weighted by atomic mass is 10.1. The van der Waals surface area contributed by atoms with Crippen molar-refractivity contribution in [3.8, 4) is 0 Å². The number of hydrazine groups is 1. The van der Waals surface area contributed by atoms with Gasteiger partial charge in [0.2, 0.25) is 0 Å². The van der Waals surface area contributed by atoms with Crippen molar-refractivity contribution >= 4 is 0 Å². The second kappa shape index (κ2) is 9.77. The molecule has 0 saturated carbocycles. The highest BCUT2D eigenvalue weighted by atomic mass is 15.7. The van der Waals surface area contributed by atoms with Crippen LogP contribution < -0.4 is 27.0 Å². The molecule has 0 heterocycles. The first-order chi connectivity index (χ1) is 10.2. The number of hydrogen-bond donors (Lipinski definition) is 5. The molecule has 0 amide bonds. The van der Waals surface area contributed by atoms with Gasteiger partial charge in [0.05, 0.1) is 0 Å². The highest BCUT2D eigenvalue weighted by molar-refractivity contribution is 5.02. The molecule has 0 spiro atoms. The number of nitrogens with zero attached hydrogens (tertiary/aromatic N) is 2. The maximum atomic E-state index is 6.89. The molecule has 0 fully saturated rings. The van der Waals surface area contributed by atoms with Crippen LogP contribution in [0.4, 0.5) is 0 Å². The minimum Gasteiger partial charge on any atom is -0.296 e. The van der Waals surface area contributed by atoms with Crippen molar-refractivity contribution in [3.05, 3.63) is 0 Å². The Morgan fingerprint density at radius 2 is 1.68 bits per heavy atom. The van der Waals surface area contributed by atoms with Crippen LogP contribution >= 0.6 is 0 Å². The minimum atomic E-state index is -0.847. The Bertz CT molecular complexity index is 298. The molecule has 0 aliphatic carbocycles. The SMILES string of the molecule is CCCNC(NCC)(NC(C)C)C(N)(NC)N(CC)N(C)C. The Kier molecular flexibility index (Phi) is 9.64. The zero-order valence-electron chi connectivity index (χ0n) is 15.9. The molecular weight excluding hydrogens is 278 g/mol. The third-order valence-electron chi connectivity index (χ3n) is 3.73. The normalized spacial score (nSPS) is 18.0. The third-order valence-corrected chi connectivity index (χ3v) is 3.73. The Morgan fingerprint density at radius 1 is 1.09 bits per heavy atom. The predicted molar refractivity (Wildman–Crippen MR) is 95.0 cm³/mol. The zero-order chi connectivity index (χ0) is 17.4. The first kappa shape index (κ1) is 21.7. The van der Waals surface area contributed by atoms with E-state index in [1.807, 2.05) is 26.2 Å². The van der Waals surface area contributed by atoms with Crippen LogP contribution in [0.2, 0.25) is 0 Å². The Labute approximate surface area is 137 Å². The standard InChI is InChI=1S/C15H39N7/c1-9-12-19-15(18-10-2,20-13(4)5)14(16,17-6)22(11-3)21(7)8/h13,17-20H,9-12,16H2,1-8H3. The summed E-state index contributed by atoms with van der Waals surface area (Å²) in [5, 5.41) is 18.2. The van der Waals surface area contributed by atoms with Crippen molar-refractivity contribution < 1.29 is 0 Å². The molecule has 7 nitrogen and oxygen atoms in total. The van der Waals surface area contributed by atoms with Gasteiger partial charge in [-0.3, -0.25) is 27.0 Å². The zero-order valence-corrected chi connectivity index (χ0v) is 15.9. The second-order valence-electron chi connectivity index (χ2n) is 6.09. The fourth-order valence-electron chi connectivity index (χ4n) is 2.91. The number of hydrogen-bond acceptors (Lipinski definition) is 7. The van der Waals surface area contributed by atoms with E-state index >= 15 is 0 Å². The molecule has 0 radical (unpaired) electrons. The van der Waals surface area contributed by atoms with Crippen LogP contribution in [-0.2, 0) is 0 Å². The van der Waals surface area contributed by atoms with Crippen molar-refractivity contribution in [1.29, 1.82) is 0 Å². The highest BCUT2D eigenvalue weighted by Gasteiger charge is 2.52. The predicted octanol–water partition coefficient (Wildman–Crippen LogP) is -0.122. The van der Waals surface area contributed by atoms with E-state index in [4.69, 9.17) is 5.73 Å². The molecule has 0 aromatic rings. The quantitative estimate of drug-likeness (QED) is 0.254. The van der Waals surface area contributed by atoms with Crippen LogP contribution in [0, 0.1) is 0 Å². The molecule has 0 rings (SSSR count). The van der Waals surface area contributed by atoms with Crippen molar-refractivity contribution in [2.24, 2.45) is 5.73 Å². The van der Waals surface area contributed by atoms with Gasteiger partial charge >= 0.3 is 0 Å². The van der Waals surface area contributed by atoms with Crippen LogP contribution in [0.25, 0.3) is 0 Å². The summed E-state index contributed by atoms with van der Waals surface area (Å²) >= 11 is 0. The molecular formula is C15H39N7. The van der Waals surface area contributed by atoms with Crippen LogP contribution in [0.5, 0.6) is 0 Å². The van der Waals surface area contributed by atoms with Crippen LogP contribution in [0.1, 0.15) is 41.0 Å². The second-order valence-corrected chi connectivity index (χ2v) is 6.09. The van der Waals surface area contributed by atoms with Gasteiger partial charge in [0.25, 0.3) is 0 Å². The fraction of sp³-hybridized carbons (Fsp3) is 1.00. The van der Waals surface area contributed by atoms with E-state index < -0.39 is 11.6 Å². The van der Waals surface area contributed by atoms with Gasteiger partial charge in [-0.2, -0.15) is 0 Å². The first-order valence-corrected chi connectivity index (χ1v) is 8.44. The largest absolute Gasteiger partial charge is 0.296 e. The average molecular weight is 318 g/mol. The summed E-state index contributed by atoms with van der Waals surface area (Å²) in [7, 11) is 5.91. The van der Waals surface area contributed by atoms with Gasteiger partial charge in [-0.15, -0.1) is 0 Å². The third kappa shape index (κ3) is 4.86. The molecule has 134 valence electrons. The molecule has 2 unspecified atom stereocenters. The Morgan fingerprint density at radius 3 is 2.00 bits per heavy atom. The number of likely N-dealkylation sites (N-methyl/N-ethyl adjacent to an activating group) is 3. The summed E-state index contributed by atoms with van der Waals surface area (Å²) in [4.78, 5) is 0. The Balaban J connectivity index is 5.90. The Hall–Kier alpha value is -0.280. The van der Waals surface area contributed by atoms with Crippen molar-refractivity contribution in [1.82, 2.24) is 31.3 Å². The first-order valence-electron chi connectivity index (χ1n) is 8.44. The van der Waals surface area contributed by atoms with E-state index in [0.717, 1.165) is 26.1 Å². The van der Waals surface area contributed by atoms with Crippen LogP contribution in [-0.4, -0.2) is 68.4 Å². The molecule has 0 bridgehead atoms. The van der Waals surface area contributed by atoms with Gasteiger partial charge in [0.15, 0.2) is 11.6 Å². The van der Waals surface area contributed by atoms with Gasteiger partial charge in [-0.05, 0) is 40.4 Å². The lowest BCUT2D eigenvalue weighted by molar-refractivity contribution is -0.153. The summed E-state index contributed by atoms with van der Waals surface area (Å²) in [5.41, 5.74) is 6.89. The maximum absolute atomic E-state index is 6.89. The molecule has 0 aromatic carbocycles. The van der Waals surface area contributed by atoms with E-state index in [1.54, 1.807) is 0 Å². The summed E-state index contributed by atoms with van der Waals surface area (Å²) in [6.45, 7) is 13.0. The van der Waals surface area contributed by atoms with Crippen molar-refractivity contribution in [2.45, 2.75) is 58.7 Å². The van der Waals surface area contributed by atoms with E-state index in [1.165, 1.54) is 0 Å². The van der Waals surface area contributed by atoms with Crippen molar-refractivity contribution in [2.75, 3.05) is 40.8 Å². The number of rotatable bonds is 12. The van der Waals surface area contributed by atoms with E-state index in [0.29, 0.717) is 0 Å². The highest BCUT2D eigenvalue weighted by Crippen LogP contribution is 2.19. The van der Waals surface area contributed by atoms with Crippen LogP contribution in [0.15, 0.2) is 0 Å². The molecule has 22 heavy (non-hydrogen) atoms. The van der Waals surface area contributed by atoms with Gasteiger partial charge in [-0.25, -0.2) is 10.0 Å². The molecule has 0 aliphatic rings. The monoisotopic (exact) mass is 317 g/mol. The fourth-order valence-corrected chi connectivity index (χ4v) is 2.91. The lowest BCUT2D eigenvalue weighted by Crippen LogP contribution is -2.91. The average Bonchev–Trinajstić information content (AvgIpc) is 2.44. The van der Waals surface area contributed by atoms with E-state index in [2.05, 4.69) is 60.9 Å². The molecule has 0 aliphatic heterocycles. The van der Waals surface area contributed by atoms with Gasteiger partial charge in [0.1, 0.15) is 0 Å². The summed E-state index contributed by atoms with van der Waals surface area (Å²) < 4.78 is 0. The molecule has 0 saturated heterocycles. The van der Waals surface area contributed by atoms with E-state index in [9.17, 15) is 0 Å². The summed E-state index contributed by atoms with van der Waals surface area (Å²) in [6, 6.07) is 0.264. The number of nitrogens with one attached hydrogen (secondary N) is 4. The topological polar surface area (TPSA) is 80.6 Å². The summed E-state index contributed by atoms with van der Waals surface area (Å²) in [6.07, 6.45) is 1.03. The maximum Gasteiger partial charge on any atom is 0.183 e. The molecule has 7 heteroatoms. The molecule has 2 atom stereocenters. The number of nitrogens with two attached hydrogens (primary N) is 1. The smallest absolute Gasteiger partial charge is 0.183 e.